The van der Waals surface area contributed by atoms with Crippen LogP contribution in [0.15, 0.2) is 0 Å². The summed E-state index contributed by atoms with van der Waals surface area (Å²) in [4.78, 5) is 13.9. The van der Waals surface area contributed by atoms with E-state index in [1.807, 2.05) is 0 Å². The Morgan fingerprint density at radius 3 is 2.41 bits per heavy atom. The minimum atomic E-state index is 0.260. The van der Waals surface area contributed by atoms with Crippen molar-refractivity contribution in [2.45, 2.75) is 52.9 Å². The van der Waals surface area contributed by atoms with E-state index in [0.29, 0.717) is 11.8 Å². The second-order valence-corrected chi connectivity index (χ2v) is 6.69. The summed E-state index contributed by atoms with van der Waals surface area (Å²) < 4.78 is 0. The largest absolute Gasteiger partial charge is 0.342 e. The average molecular weight is 257 g/mol. The number of unbranched alkanes of at least 4 members (excludes halogenated alkanes) is 3. The van der Waals surface area contributed by atoms with E-state index >= 15 is 0 Å². The lowest BCUT2D eigenvalue weighted by molar-refractivity contribution is -0.127. The Kier molecular flexibility index (Phi) is 5.84. The van der Waals surface area contributed by atoms with Crippen LogP contribution in [0.25, 0.3) is 0 Å². The summed E-state index contributed by atoms with van der Waals surface area (Å²) in [6, 6.07) is 0. The van der Waals surface area contributed by atoms with E-state index in [1.54, 1.807) is 0 Å². The van der Waals surface area contributed by atoms with Gasteiger partial charge in [0.25, 0.3) is 0 Å². The highest BCUT2D eigenvalue weighted by Crippen LogP contribution is 2.34. The molecule has 0 spiro atoms. The molecule has 3 heteroatoms. The molecule has 100 valence electrons. The van der Waals surface area contributed by atoms with Crippen LogP contribution in [0.2, 0.25) is 0 Å². The molecule has 0 saturated carbocycles. The zero-order valence-corrected chi connectivity index (χ0v) is 12.4. The summed E-state index contributed by atoms with van der Waals surface area (Å²) in [5.74, 6) is 1.88. The van der Waals surface area contributed by atoms with Crippen molar-refractivity contribution in [1.29, 1.82) is 0 Å². The summed E-state index contributed by atoms with van der Waals surface area (Å²) in [6.07, 6.45) is 5.57. The van der Waals surface area contributed by atoms with Gasteiger partial charge in [-0.1, -0.05) is 33.6 Å². The lowest BCUT2D eigenvalue weighted by atomic mass is 9.80. The predicted octanol–water partition coefficient (Wildman–Crippen LogP) is 3.37. The first-order chi connectivity index (χ1) is 7.95. The van der Waals surface area contributed by atoms with E-state index in [9.17, 15) is 4.79 Å². The Morgan fingerprint density at radius 2 is 1.88 bits per heavy atom. The maximum absolute atomic E-state index is 11.9. The molecule has 0 aromatic heterocycles. The van der Waals surface area contributed by atoms with E-state index in [0.717, 1.165) is 31.7 Å². The number of rotatable bonds is 6. The molecule has 0 N–H and O–H groups in total. The topological polar surface area (TPSA) is 20.3 Å². The van der Waals surface area contributed by atoms with E-state index in [4.69, 9.17) is 0 Å². The molecule has 0 aliphatic carbocycles. The lowest BCUT2D eigenvalue weighted by Gasteiger charge is -2.26. The fraction of sp³-hybridized carbons (Fsp3) is 0.929. The highest BCUT2D eigenvalue weighted by atomic mass is 32.1. The first-order valence-corrected chi connectivity index (χ1v) is 7.47. The van der Waals surface area contributed by atoms with Gasteiger partial charge in [0.15, 0.2) is 0 Å². The van der Waals surface area contributed by atoms with E-state index in [-0.39, 0.29) is 5.41 Å². The fourth-order valence-electron chi connectivity index (χ4n) is 2.34. The monoisotopic (exact) mass is 257 g/mol. The number of likely N-dealkylation sites (tertiary alicyclic amines) is 1. The maximum Gasteiger partial charge on any atom is 0.222 e. The Labute approximate surface area is 112 Å². The molecule has 0 aromatic carbocycles. The van der Waals surface area contributed by atoms with Gasteiger partial charge in [-0.15, -0.1) is 0 Å². The predicted molar refractivity (Wildman–Crippen MR) is 76.5 cm³/mol. The number of thiol groups is 1. The highest BCUT2D eigenvalue weighted by Gasteiger charge is 2.36. The molecule has 1 aliphatic heterocycles. The van der Waals surface area contributed by atoms with Crippen LogP contribution >= 0.6 is 12.6 Å². The summed E-state index contributed by atoms with van der Waals surface area (Å²) in [7, 11) is 0. The summed E-state index contributed by atoms with van der Waals surface area (Å²) in [6.45, 7) is 8.64. The van der Waals surface area contributed by atoms with E-state index < -0.39 is 0 Å². The number of nitrogens with zero attached hydrogens (tertiary/aromatic N) is 1. The number of hydrogen-bond acceptors (Lipinski definition) is 2. The quantitative estimate of drug-likeness (QED) is 0.571. The molecule has 1 saturated heterocycles. The van der Waals surface area contributed by atoms with Gasteiger partial charge in [0.1, 0.15) is 0 Å². The summed E-state index contributed by atoms with van der Waals surface area (Å²) >= 11 is 4.20. The Hall–Kier alpha value is -0.180. The van der Waals surface area contributed by atoms with Crippen LogP contribution in [0.3, 0.4) is 0 Å². The molecule has 1 aliphatic rings. The SMILES string of the molecule is CC(C)(C)C1CC(=O)N(CCCCCCS)C1. The summed E-state index contributed by atoms with van der Waals surface area (Å²) in [5.41, 5.74) is 0.260. The molecule has 1 amide bonds. The van der Waals surface area contributed by atoms with Crippen molar-refractivity contribution in [2.24, 2.45) is 11.3 Å². The molecule has 1 rings (SSSR count). The Balaban J connectivity index is 2.24. The van der Waals surface area contributed by atoms with E-state index in [2.05, 4.69) is 38.3 Å². The summed E-state index contributed by atoms with van der Waals surface area (Å²) in [5, 5.41) is 0. The first-order valence-electron chi connectivity index (χ1n) is 6.84. The third-order valence-corrected chi connectivity index (χ3v) is 4.09. The van der Waals surface area contributed by atoms with Crippen molar-refractivity contribution in [3.63, 3.8) is 0 Å². The minimum absolute atomic E-state index is 0.260. The lowest BCUT2D eigenvalue weighted by Crippen LogP contribution is -2.28. The van der Waals surface area contributed by atoms with Gasteiger partial charge in [0.05, 0.1) is 0 Å². The maximum atomic E-state index is 11.9. The average Bonchev–Trinajstić information content (AvgIpc) is 2.60. The van der Waals surface area contributed by atoms with Crippen LogP contribution in [0.4, 0.5) is 0 Å². The van der Waals surface area contributed by atoms with Crippen LogP contribution in [0.1, 0.15) is 52.9 Å². The molecule has 1 heterocycles. The number of carbonyl (C=O) groups excluding carboxylic acids is 1. The molecule has 0 radical (unpaired) electrons. The molecule has 1 fully saturated rings. The van der Waals surface area contributed by atoms with Gasteiger partial charge in [-0.3, -0.25) is 4.79 Å². The third-order valence-electron chi connectivity index (χ3n) is 3.78. The fourth-order valence-corrected chi connectivity index (χ4v) is 2.56. The molecule has 0 aromatic rings. The molecule has 0 bridgehead atoms. The zero-order valence-electron chi connectivity index (χ0n) is 11.5. The van der Waals surface area contributed by atoms with Gasteiger partial charge in [-0.05, 0) is 29.9 Å². The molecule has 17 heavy (non-hydrogen) atoms. The van der Waals surface area contributed by atoms with E-state index in [1.165, 1.54) is 19.3 Å². The van der Waals surface area contributed by atoms with Crippen molar-refractivity contribution < 1.29 is 4.79 Å². The Morgan fingerprint density at radius 1 is 1.24 bits per heavy atom. The van der Waals surface area contributed by atoms with Crippen LogP contribution in [0, 0.1) is 11.3 Å². The second kappa shape index (κ2) is 6.67. The van der Waals surface area contributed by atoms with Gasteiger partial charge < -0.3 is 4.90 Å². The number of hydrogen-bond donors (Lipinski definition) is 1. The highest BCUT2D eigenvalue weighted by molar-refractivity contribution is 7.80. The molecular formula is C14H27NOS. The third kappa shape index (κ3) is 4.90. The normalized spacial score (nSPS) is 21.3. The number of carbonyl (C=O) groups is 1. The molecule has 1 atom stereocenters. The zero-order chi connectivity index (χ0) is 12.9. The van der Waals surface area contributed by atoms with Gasteiger partial charge in [-0.25, -0.2) is 0 Å². The second-order valence-electron chi connectivity index (χ2n) is 6.24. The van der Waals surface area contributed by atoms with Crippen molar-refractivity contribution in [3.05, 3.63) is 0 Å². The standard InChI is InChI=1S/C14H27NOS/c1-14(2,3)12-10-13(16)15(11-12)8-6-4-5-7-9-17/h12,17H,4-11H2,1-3H3. The van der Waals surface area contributed by atoms with Crippen LogP contribution in [-0.4, -0.2) is 29.6 Å². The van der Waals surface area contributed by atoms with Gasteiger partial charge >= 0.3 is 0 Å². The van der Waals surface area contributed by atoms with Crippen LogP contribution in [0.5, 0.6) is 0 Å². The smallest absolute Gasteiger partial charge is 0.222 e. The van der Waals surface area contributed by atoms with Gasteiger partial charge in [0, 0.05) is 19.5 Å². The van der Waals surface area contributed by atoms with Gasteiger partial charge in [0.2, 0.25) is 5.91 Å². The van der Waals surface area contributed by atoms with Gasteiger partial charge in [-0.2, -0.15) is 12.6 Å². The molecular weight excluding hydrogens is 230 g/mol. The van der Waals surface area contributed by atoms with Crippen molar-refractivity contribution in [3.8, 4) is 0 Å². The van der Waals surface area contributed by atoms with Crippen LogP contribution in [-0.2, 0) is 4.79 Å². The van der Waals surface area contributed by atoms with Crippen molar-refractivity contribution in [2.75, 3.05) is 18.8 Å². The first kappa shape index (κ1) is 14.9. The molecule has 2 nitrogen and oxygen atoms in total. The Bertz CT molecular complexity index is 247. The number of amides is 1. The minimum Gasteiger partial charge on any atom is -0.342 e. The van der Waals surface area contributed by atoms with Crippen LogP contribution < -0.4 is 0 Å². The van der Waals surface area contributed by atoms with Crippen molar-refractivity contribution >= 4 is 18.5 Å². The molecule has 1 unspecified atom stereocenters. The van der Waals surface area contributed by atoms with Crippen molar-refractivity contribution in [1.82, 2.24) is 4.90 Å².